The van der Waals surface area contributed by atoms with Crippen molar-refractivity contribution < 1.29 is 42.9 Å². The standard InChI is InChI=1S/C86H165NO8/c1-6-8-10-12-14-16-18-20-22-24-26-28-30-32-34-36-37-38-39-40-41-42-43-44-45-46-47-49-51-53-55-57-59-61-63-65-67-69-71-73-75-77-84(89)95-82(81-94-86(85(90)91)92-79-78-87(3,4)5)80-93-83(88)76-74-72-70-68-66-64-62-60-58-56-54-52-50-48-35-33-31-29-27-25-23-21-19-17-15-13-11-9-7-2/h18,20,24,26,82,86H,6-17,19,21-23,25,27-81H2,1-5H3/p+1/b20-18-,26-24-. The lowest BCUT2D eigenvalue weighted by Gasteiger charge is -2.25. The van der Waals surface area contributed by atoms with Gasteiger partial charge in [-0.1, -0.05) is 417 Å². The fraction of sp³-hybridized carbons (Fsp3) is 0.919. The molecule has 0 aliphatic rings. The van der Waals surface area contributed by atoms with Gasteiger partial charge in [0.1, 0.15) is 13.2 Å². The number of ether oxygens (including phenoxy) is 4. The van der Waals surface area contributed by atoms with E-state index in [1.807, 2.05) is 21.1 Å². The van der Waals surface area contributed by atoms with Crippen molar-refractivity contribution in [3.8, 4) is 0 Å². The first kappa shape index (κ1) is 92.8. The molecular weight excluding hydrogens is 1170 g/mol. The second kappa shape index (κ2) is 77.5. The van der Waals surface area contributed by atoms with Gasteiger partial charge in [-0.3, -0.25) is 9.59 Å². The highest BCUT2D eigenvalue weighted by molar-refractivity contribution is 5.71. The van der Waals surface area contributed by atoms with Crippen LogP contribution >= 0.6 is 0 Å². The minimum Gasteiger partial charge on any atom is -0.477 e. The van der Waals surface area contributed by atoms with Gasteiger partial charge in [-0.05, 0) is 44.9 Å². The van der Waals surface area contributed by atoms with Crippen molar-refractivity contribution in [1.29, 1.82) is 0 Å². The second-order valence-corrected chi connectivity index (χ2v) is 30.5. The van der Waals surface area contributed by atoms with E-state index < -0.39 is 18.4 Å². The lowest BCUT2D eigenvalue weighted by Crippen LogP contribution is -2.40. The molecule has 0 aromatic heterocycles. The van der Waals surface area contributed by atoms with Crippen molar-refractivity contribution >= 4 is 17.9 Å². The van der Waals surface area contributed by atoms with Crippen LogP contribution in [0.1, 0.15) is 450 Å². The molecule has 2 atom stereocenters. The molecule has 0 aliphatic heterocycles. The first-order chi connectivity index (χ1) is 46.6. The third-order valence-corrected chi connectivity index (χ3v) is 19.7. The molecule has 0 bridgehead atoms. The molecule has 9 heteroatoms. The number of quaternary nitrogens is 1. The number of carbonyl (C=O) groups is 3. The Hall–Kier alpha value is -2.23. The van der Waals surface area contributed by atoms with E-state index in [0.29, 0.717) is 17.4 Å². The molecule has 0 aromatic carbocycles. The van der Waals surface area contributed by atoms with Crippen LogP contribution in [0, 0.1) is 0 Å². The Labute approximate surface area is 592 Å². The number of hydrogen-bond donors (Lipinski definition) is 1. The molecule has 0 spiro atoms. The number of esters is 2. The zero-order chi connectivity index (χ0) is 69.0. The highest BCUT2D eigenvalue weighted by Crippen LogP contribution is 2.21. The van der Waals surface area contributed by atoms with E-state index in [1.54, 1.807) is 0 Å². The lowest BCUT2D eigenvalue weighted by molar-refractivity contribution is -0.870. The number of carboxylic acid groups (broad SMARTS) is 1. The van der Waals surface area contributed by atoms with Crippen LogP contribution in [0.2, 0.25) is 0 Å². The summed E-state index contributed by atoms with van der Waals surface area (Å²) >= 11 is 0. The molecule has 0 radical (unpaired) electrons. The zero-order valence-electron chi connectivity index (χ0n) is 64.6. The summed E-state index contributed by atoms with van der Waals surface area (Å²) in [5.41, 5.74) is 0. The fourth-order valence-corrected chi connectivity index (χ4v) is 13.2. The summed E-state index contributed by atoms with van der Waals surface area (Å²) in [5, 5.41) is 9.78. The number of likely N-dealkylation sites (N-methyl/N-ethyl adjacent to an activating group) is 1. The van der Waals surface area contributed by atoms with Crippen LogP contribution < -0.4 is 0 Å². The lowest BCUT2D eigenvalue weighted by atomic mass is 10.0. The van der Waals surface area contributed by atoms with Crippen LogP contribution in [-0.2, 0) is 33.3 Å². The molecule has 0 fully saturated rings. The molecule has 1 N–H and O–H groups in total. The Morgan fingerprint density at radius 3 is 0.832 bits per heavy atom. The van der Waals surface area contributed by atoms with Crippen LogP contribution in [-0.4, -0.2) is 87.4 Å². The fourth-order valence-electron chi connectivity index (χ4n) is 13.2. The highest BCUT2D eigenvalue weighted by Gasteiger charge is 2.25. The summed E-state index contributed by atoms with van der Waals surface area (Å²) in [4.78, 5) is 37.8. The Balaban J connectivity index is 3.90. The van der Waals surface area contributed by atoms with Gasteiger partial charge in [-0.25, -0.2) is 4.79 Å². The smallest absolute Gasteiger partial charge is 0.361 e. The summed E-state index contributed by atoms with van der Waals surface area (Å²) in [7, 11) is 6.00. The maximum Gasteiger partial charge on any atom is 0.361 e. The molecule has 0 heterocycles. The number of carboxylic acids is 1. The molecule has 0 saturated heterocycles. The predicted molar refractivity (Wildman–Crippen MR) is 411 cm³/mol. The van der Waals surface area contributed by atoms with Crippen LogP contribution in [0.5, 0.6) is 0 Å². The van der Waals surface area contributed by atoms with Crippen molar-refractivity contribution in [1.82, 2.24) is 0 Å². The number of aliphatic carboxylic acids is 1. The van der Waals surface area contributed by atoms with Gasteiger partial charge in [0.15, 0.2) is 6.10 Å². The molecule has 0 saturated carbocycles. The van der Waals surface area contributed by atoms with Gasteiger partial charge in [0.2, 0.25) is 0 Å². The van der Waals surface area contributed by atoms with Crippen molar-refractivity contribution in [2.75, 3.05) is 47.5 Å². The SMILES string of the molecule is CCCCCCC/C=C\C/C=C\CCCCCCCCCCCCCCCCCCCCCCCCCCCCCCCC(=O)OC(COC(=O)CCCCCCCCCCCCCCCCCCCCCCCCCCCCCCC)COC(OCC[N+](C)(C)C)C(=O)O. The van der Waals surface area contributed by atoms with Crippen LogP contribution in [0.4, 0.5) is 0 Å². The molecule has 0 aromatic rings. The molecule has 9 nitrogen and oxygen atoms in total. The van der Waals surface area contributed by atoms with Gasteiger partial charge >= 0.3 is 17.9 Å². The third-order valence-electron chi connectivity index (χ3n) is 19.7. The highest BCUT2D eigenvalue weighted by atomic mass is 16.7. The van der Waals surface area contributed by atoms with Crippen molar-refractivity contribution in [2.24, 2.45) is 0 Å². The van der Waals surface area contributed by atoms with E-state index in [1.165, 1.54) is 379 Å². The van der Waals surface area contributed by atoms with Crippen molar-refractivity contribution in [3.63, 3.8) is 0 Å². The van der Waals surface area contributed by atoms with Gasteiger partial charge in [-0.2, -0.15) is 0 Å². The Morgan fingerprint density at radius 2 is 0.568 bits per heavy atom. The monoisotopic (exact) mass is 1340 g/mol. The van der Waals surface area contributed by atoms with Gasteiger partial charge in [0.25, 0.3) is 6.29 Å². The van der Waals surface area contributed by atoms with Crippen molar-refractivity contribution in [3.05, 3.63) is 24.3 Å². The Morgan fingerprint density at radius 1 is 0.316 bits per heavy atom. The molecule has 0 amide bonds. The largest absolute Gasteiger partial charge is 0.477 e. The average molecular weight is 1340 g/mol. The maximum atomic E-state index is 13.0. The van der Waals surface area contributed by atoms with E-state index in [2.05, 4.69) is 38.2 Å². The Bertz CT molecular complexity index is 1610. The van der Waals surface area contributed by atoms with E-state index in [4.69, 9.17) is 18.9 Å². The summed E-state index contributed by atoms with van der Waals surface area (Å²) in [5.74, 6) is -1.96. The summed E-state index contributed by atoms with van der Waals surface area (Å²) in [6.07, 6.45) is 96.5. The summed E-state index contributed by atoms with van der Waals surface area (Å²) in [6.45, 7) is 4.96. The van der Waals surface area contributed by atoms with E-state index >= 15 is 0 Å². The Kier molecular flexibility index (Phi) is 75.7. The first-order valence-electron chi connectivity index (χ1n) is 42.5. The predicted octanol–water partition coefficient (Wildman–Crippen LogP) is 27.3. The maximum absolute atomic E-state index is 13.0. The summed E-state index contributed by atoms with van der Waals surface area (Å²) < 4.78 is 23.1. The van der Waals surface area contributed by atoms with Gasteiger partial charge in [0, 0.05) is 12.8 Å². The zero-order valence-corrected chi connectivity index (χ0v) is 64.6. The van der Waals surface area contributed by atoms with E-state index in [9.17, 15) is 19.5 Å². The van der Waals surface area contributed by atoms with Gasteiger partial charge < -0.3 is 28.5 Å². The minimum atomic E-state index is -1.51. The second-order valence-electron chi connectivity index (χ2n) is 30.5. The number of allylic oxidation sites excluding steroid dienone is 4. The van der Waals surface area contributed by atoms with Gasteiger partial charge in [-0.15, -0.1) is 0 Å². The number of carbonyl (C=O) groups excluding carboxylic acids is 2. The van der Waals surface area contributed by atoms with Crippen LogP contribution in [0.3, 0.4) is 0 Å². The molecule has 95 heavy (non-hydrogen) atoms. The number of rotatable bonds is 81. The molecule has 562 valence electrons. The normalized spacial score (nSPS) is 12.6. The molecule has 0 rings (SSSR count). The number of hydrogen-bond acceptors (Lipinski definition) is 7. The average Bonchev–Trinajstić information content (AvgIpc) is 3.54. The van der Waals surface area contributed by atoms with E-state index in [0.717, 1.165) is 44.9 Å². The van der Waals surface area contributed by atoms with Crippen molar-refractivity contribution in [2.45, 2.75) is 463 Å². The van der Waals surface area contributed by atoms with Gasteiger partial charge in [0.05, 0.1) is 34.4 Å². The van der Waals surface area contributed by atoms with E-state index in [-0.39, 0.29) is 38.2 Å². The molecule has 0 aliphatic carbocycles. The minimum absolute atomic E-state index is 0.173. The number of nitrogens with zero attached hydrogens (tertiary/aromatic N) is 1. The third kappa shape index (κ3) is 79.0. The molecule has 2 unspecified atom stereocenters. The van der Waals surface area contributed by atoms with Crippen LogP contribution in [0.25, 0.3) is 0 Å². The topological polar surface area (TPSA) is 108 Å². The first-order valence-corrected chi connectivity index (χ1v) is 42.5. The summed E-state index contributed by atoms with van der Waals surface area (Å²) in [6, 6.07) is 0. The quantitative estimate of drug-likeness (QED) is 0.0211. The number of unbranched alkanes of at least 4 members (excludes halogenated alkanes) is 62. The van der Waals surface area contributed by atoms with Crippen LogP contribution in [0.15, 0.2) is 24.3 Å². The molecular formula is C86H166NO8+.